The number of hydrogen-bond donors (Lipinski definition) is 0. The Bertz CT molecular complexity index is 939. The van der Waals surface area contributed by atoms with Gasteiger partial charge < -0.3 is 9.47 Å². The molecule has 0 saturated heterocycles. The summed E-state index contributed by atoms with van der Waals surface area (Å²) in [4.78, 5) is 26.4. The molecule has 0 radical (unpaired) electrons. The zero-order chi connectivity index (χ0) is 20.0. The SMILES string of the molecule is CCOC(=O)C(Cc1cccc2ccccc12)(C(=O)OCC)c1ccccc1. The summed E-state index contributed by atoms with van der Waals surface area (Å²) >= 11 is 0. The van der Waals surface area contributed by atoms with Crippen molar-refractivity contribution >= 4 is 22.7 Å². The smallest absolute Gasteiger partial charge is 0.328 e. The van der Waals surface area contributed by atoms with Crippen LogP contribution in [0.4, 0.5) is 0 Å². The van der Waals surface area contributed by atoms with Gasteiger partial charge in [-0.15, -0.1) is 0 Å². The van der Waals surface area contributed by atoms with Crippen LogP contribution in [-0.2, 0) is 30.9 Å². The minimum absolute atomic E-state index is 0.163. The van der Waals surface area contributed by atoms with Crippen molar-refractivity contribution in [1.82, 2.24) is 0 Å². The van der Waals surface area contributed by atoms with Gasteiger partial charge in [-0.3, -0.25) is 9.59 Å². The standard InChI is InChI=1S/C24H24O4/c1-3-27-22(25)24(23(26)28-4-2,20-14-6-5-7-15-20)17-19-13-10-12-18-11-8-9-16-21(18)19/h5-16H,3-4,17H2,1-2H3. The zero-order valence-corrected chi connectivity index (χ0v) is 16.2. The molecule has 0 N–H and O–H groups in total. The van der Waals surface area contributed by atoms with E-state index in [1.807, 2.05) is 60.7 Å². The summed E-state index contributed by atoms with van der Waals surface area (Å²) in [6.07, 6.45) is 0.163. The largest absolute Gasteiger partial charge is 0.465 e. The Labute approximate surface area is 165 Å². The van der Waals surface area contributed by atoms with Crippen LogP contribution in [-0.4, -0.2) is 25.2 Å². The first-order valence-corrected chi connectivity index (χ1v) is 9.50. The predicted molar refractivity (Wildman–Crippen MR) is 109 cm³/mol. The van der Waals surface area contributed by atoms with E-state index >= 15 is 0 Å². The van der Waals surface area contributed by atoms with E-state index in [1.54, 1.807) is 26.0 Å². The van der Waals surface area contributed by atoms with Gasteiger partial charge in [0, 0.05) is 6.42 Å². The fourth-order valence-electron chi connectivity index (χ4n) is 3.53. The third-order valence-corrected chi connectivity index (χ3v) is 4.85. The molecule has 0 aliphatic carbocycles. The fraction of sp³-hybridized carbons (Fsp3) is 0.250. The molecular weight excluding hydrogens is 352 g/mol. The van der Waals surface area contributed by atoms with Gasteiger partial charge in [0.2, 0.25) is 0 Å². The van der Waals surface area contributed by atoms with Crippen LogP contribution in [0.15, 0.2) is 72.8 Å². The van der Waals surface area contributed by atoms with Crippen molar-refractivity contribution in [2.24, 2.45) is 0 Å². The number of hydrogen-bond acceptors (Lipinski definition) is 4. The first-order chi connectivity index (χ1) is 13.6. The number of fused-ring (bicyclic) bond motifs is 1. The highest BCUT2D eigenvalue weighted by atomic mass is 16.6. The Morgan fingerprint density at radius 1 is 0.750 bits per heavy atom. The second-order valence-electron chi connectivity index (χ2n) is 6.53. The number of esters is 2. The number of ether oxygens (including phenoxy) is 2. The minimum atomic E-state index is -1.56. The maximum absolute atomic E-state index is 13.2. The Kier molecular flexibility index (Phi) is 6.09. The van der Waals surface area contributed by atoms with E-state index < -0.39 is 17.4 Å². The summed E-state index contributed by atoms with van der Waals surface area (Å²) in [7, 11) is 0. The molecule has 0 aliphatic heterocycles. The van der Waals surface area contributed by atoms with Crippen LogP contribution in [0.25, 0.3) is 10.8 Å². The summed E-state index contributed by atoms with van der Waals surface area (Å²) in [5.74, 6) is -1.18. The molecule has 0 saturated carbocycles. The van der Waals surface area contributed by atoms with Crippen LogP contribution in [0.2, 0.25) is 0 Å². The van der Waals surface area contributed by atoms with E-state index in [9.17, 15) is 9.59 Å². The lowest BCUT2D eigenvalue weighted by Gasteiger charge is -2.30. The van der Waals surface area contributed by atoms with E-state index in [0.717, 1.165) is 16.3 Å². The molecule has 0 bridgehead atoms. The predicted octanol–water partition coefficient (Wildman–Crippen LogP) is 4.45. The Morgan fingerprint density at radius 3 is 1.96 bits per heavy atom. The van der Waals surface area contributed by atoms with E-state index in [4.69, 9.17) is 9.47 Å². The number of carbonyl (C=O) groups excluding carboxylic acids is 2. The van der Waals surface area contributed by atoms with E-state index in [2.05, 4.69) is 0 Å². The normalized spacial score (nSPS) is 11.2. The molecule has 3 rings (SSSR count). The third kappa shape index (κ3) is 3.63. The molecule has 0 spiro atoms. The van der Waals surface area contributed by atoms with Crippen molar-refractivity contribution in [1.29, 1.82) is 0 Å². The first kappa shape index (κ1) is 19.6. The van der Waals surface area contributed by atoms with Gasteiger partial charge in [-0.2, -0.15) is 0 Å². The molecule has 0 heterocycles. The summed E-state index contributed by atoms with van der Waals surface area (Å²) in [6, 6.07) is 22.8. The average molecular weight is 376 g/mol. The molecule has 0 atom stereocenters. The van der Waals surface area contributed by atoms with Gasteiger partial charge in [-0.25, -0.2) is 0 Å². The van der Waals surface area contributed by atoms with Crippen LogP contribution >= 0.6 is 0 Å². The second-order valence-corrected chi connectivity index (χ2v) is 6.53. The third-order valence-electron chi connectivity index (χ3n) is 4.85. The molecule has 3 aromatic carbocycles. The molecule has 3 aromatic rings. The van der Waals surface area contributed by atoms with E-state index in [-0.39, 0.29) is 19.6 Å². The number of carbonyl (C=O) groups is 2. The summed E-state index contributed by atoms with van der Waals surface area (Å²) < 4.78 is 10.7. The highest BCUT2D eigenvalue weighted by Gasteiger charge is 2.50. The van der Waals surface area contributed by atoms with Crippen LogP contribution in [0, 0.1) is 0 Å². The minimum Gasteiger partial charge on any atom is -0.465 e. The monoisotopic (exact) mass is 376 g/mol. The van der Waals surface area contributed by atoms with Gasteiger partial charge in [0.25, 0.3) is 0 Å². The van der Waals surface area contributed by atoms with Crippen molar-refractivity contribution < 1.29 is 19.1 Å². The Morgan fingerprint density at radius 2 is 1.32 bits per heavy atom. The molecule has 0 amide bonds. The van der Waals surface area contributed by atoms with Crippen LogP contribution in [0.1, 0.15) is 25.0 Å². The number of benzene rings is 3. The molecule has 0 aromatic heterocycles. The van der Waals surface area contributed by atoms with Gasteiger partial charge in [-0.05, 0) is 35.7 Å². The number of rotatable bonds is 7. The lowest BCUT2D eigenvalue weighted by Crippen LogP contribution is -2.48. The zero-order valence-electron chi connectivity index (χ0n) is 16.2. The maximum atomic E-state index is 13.2. The van der Waals surface area contributed by atoms with Crippen molar-refractivity contribution in [3.8, 4) is 0 Å². The topological polar surface area (TPSA) is 52.6 Å². The molecule has 0 fully saturated rings. The van der Waals surface area contributed by atoms with Crippen LogP contribution < -0.4 is 0 Å². The molecule has 4 nitrogen and oxygen atoms in total. The van der Waals surface area contributed by atoms with Crippen molar-refractivity contribution in [3.05, 3.63) is 83.9 Å². The molecule has 0 unspecified atom stereocenters. The van der Waals surface area contributed by atoms with Crippen molar-refractivity contribution in [2.45, 2.75) is 25.7 Å². The Hall–Kier alpha value is -3.14. The van der Waals surface area contributed by atoms with Gasteiger partial charge in [0.1, 0.15) is 0 Å². The van der Waals surface area contributed by atoms with Gasteiger partial charge in [0.05, 0.1) is 13.2 Å². The molecule has 4 heteroatoms. The van der Waals surface area contributed by atoms with Crippen molar-refractivity contribution in [2.75, 3.05) is 13.2 Å². The van der Waals surface area contributed by atoms with Crippen molar-refractivity contribution in [3.63, 3.8) is 0 Å². The lowest BCUT2D eigenvalue weighted by atomic mass is 9.74. The van der Waals surface area contributed by atoms with Gasteiger partial charge >= 0.3 is 11.9 Å². The highest BCUT2D eigenvalue weighted by Crippen LogP contribution is 2.34. The quantitative estimate of drug-likeness (QED) is 0.452. The lowest BCUT2D eigenvalue weighted by molar-refractivity contribution is -0.164. The molecular formula is C24H24O4. The average Bonchev–Trinajstić information content (AvgIpc) is 2.73. The summed E-state index contributed by atoms with van der Waals surface area (Å²) in [5, 5.41) is 2.05. The van der Waals surface area contributed by atoms with Crippen LogP contribution in [0.5, 0.6) is 0 Å². The molecule has 28 heavy (non-hydrogen) atoms. The van der Waals surface area contributed by atoms with Gasteiger partial charge in [-0.1, -0.05) is 72.8 Å². The van der Waals surface area contributed by atoms with Gasteiger partial charge in [0.15, 0.2) is 5.41 Å². The first-order valence-electron chi connectivity index (χ1n) is 9.50. The van der Waals surface area contributed by atoms with E-state index in [1.165, 1.54) is 0 Å². The fourth-order valence-corrected chi connectivity index (χ4v) is 3.53. The van der Waals surface area contributed by atoms with E-state index in [0.29, 0.717) is 5.56 Å². The maximum Gasteiger partial charge on any atom is 0.328 e. The Balaban J connectivity index is 2.22. The van der Waals surface area contributed by atoms with Crippen LogP contribution in [0.3, 0.4) is 0 Å². The highest BCUT2D eigenvalue weighted by molar-refractivity contribution is 6.07. The molecule has 0 aliphatic rings. The summed E-state index contributed by atoms with van der Waals surface area (Å²) in [6.45, 7) is 3.83. The second kappa shape index (κ2) is 8.70. The summed E-state index contributed by atoms with van der Waals surface area (Å²) in [5.41, 5.74) is -0.0971. The molecule has 144 valence electrons.